The van der Waals surface area contributed by atoms with Crippen LogP contribution in [0.4, 0.5) is 0 Å². The van der Waals surface area contributed by atoms with Crippen molar-refractivity contribution in [1.82, 2.24) is 20.5 Å². The molecule has 1 unspecified atom stereocenters. The minimum Gasteiger partial charge on any atom is -0.357 e. The number of piperidine rings is 1. The van der Waals surface area contributed by atoms with Gasteiger partial charge >= 0.3 is 0 Å². The molecule has 0 radical (unpaired) electrons. The molecular formula is C18H31N5. The van der Waals surface area contributed by atoms with Crippen molar-refractivity contribution in [3.8, 4) is 0 Å². The van der Waals surface area contributed by atoms with E-state index in [0.29, 0.717) is 6.54 Å². The molecule has 2 rings (SSSR count). The number of aromatic nitrogens is 1. The van der Waals surface area contributed by atoms with Crippen LogP contribution in [0.15, 0.2) is 29.4 Å². The third-order valence-electron chi connectivity index (χ3n) is 4.15. The molecule has 0 saturated carbocycles. The molecule has 1 aliphatic heterocycles. The first-order valence-electron chi connectivity index (χ1n) is 8.92. The van der Waals surface area contributed by atoms with Gasteiger partial charge in [0.1, 0.15) is 0 Å². The normalized spacial score (nSPS) is 19.6. The summed E-state index contributed by atoms with van der Waals surface area (Å²) < 4.78 is 0. The van der Waals surface area contributed by atoms with E-state index in [1.807, 2.05) is 24.4 Å². The summed E-state index contributed by atoms with van der Waals surface area (Å²) >= 11 is 0. The fourth-order valence-corrected chi connectivity index (χ4v) is 2.99. The van der Waals surface area contributed by atoms with Gasteiger partial charge < -0.3 is 15.5 Å². The second kappa shape index (κ2) is 10.2. The minimum atomic E-state index is 0.611. The summed E-state index contributed by atoms with van der Waals surface area (Å²) in [4.78, 5) is 11.5. The van der Waals surface area contributed by atoms with Crippen LogP contribution in [-0.2, 0) is 6.54 Å². The minimum absolute atomic E-state index is 0.611. The van der Waals surface area contributed by atoms with Crippen molar-refractivity contribution in [3.05, 3.63) is 30.1 Å². The van der Waals surface area contributed by atoms with Gasteiger partial charge in [-0.25, -0.2) is 4.99 Å². The molecule has 2 N–H and O–H groups in total. The van der Waals surface area contributed by atoms with Gasteiger partial charge in [0.15, 0.2) is 5.96 Å². The molecule has 0 aromatic carbocycles. The van der Waals surface area contributed by atoms with Crippen molar-refractivity contribution in [3.63, 3.8) is 0 Å². The zero-order chi connectivity index (χ0) is 16.3. The number of likely N-dealkylation sites (tertiary alicyclic amines) is 1. The topological polar surface area (TPSA) is 52.6 Å². The van der Waals surface area contributed by atoms with Crippen LogP contribution in [0.25, 0.3) is 0 Å². The second-order valence-corrected chi connectivity index (χ2v) is 6.34. The summed E-state index contributed by atoms with van der Waals surface area (Å²) in [6, 6.07) is 5.93. The van der Waals surface area contributed by atoms with Gasteiger partial charge in [-0.15, -0.1) is 0 Å². The second-order valence-electron chi connectivity index (χ2n) is 6.34. The Labute approximate surface area is 140 Å². The van der Waals surface area contributed by atoms with Crippen LogP contribution in [-0.4, -0.2) is 48.6 Å². The maximum Gasteiger partial charge on any atom is 0.191 e. The standard InChI is InChI=1S/C18H31N5/c1-3-19-18(22-14-17-9-4-5-10-20-17)21-11-7-13-23-12-6-8-16(2)15-23/h4-5,9-10,16H,3,6-8,11-15H2,1-2H3,(H2,19,21,22). The Bertz CT molecular complexity index is 460. The Balaban J connectivity index is 1.69. The summed E-state index contributed by atoms with van der Waals surface area (Å²) in [7, 11) is 0. The largest absolute Gasteiger partial charge is 0.357 e. The number of rotatable bonds is 7. The molecule has 0 amide bonds. The van der Waals surface area contributed by atoms with E-state index in [2.05, 4.69) is 39.4 Å². The van der Waals surface area contributed by atoms with Crippen molar-refractivity contribution in [1.29, 1.82) is 0 Å². The smallest absolute Gasteiger partial charge is 0.191 e. The number of pyridine rings is 1. The summed E-state index contributed by atoms with van der Waals surface area (Å²) in [5.41, 5.74) is 0.993. The van der Waals surface area contributed by atoms with Crippen molar-refractivity contribution in [2.24, 2.45) is 10.9 Å². The van der Waals surface area contributed by atoms with Crippen LogP contribution in [0.2, 0.25) is 0 Å². The molecule has 0 spiro atoms. The zero-order valence-electron chi connectivity index (χ0n) is 14.6. The van der Waals surface area contributed by atoms with Crippen LogP contribution >= 0.6 is 0 Å². The van der Waals surface area contributed by atoms with Gasteiger partial charge in [-0.05, 0) is 57.3 Å². The molecule has 2 heterocycles. The number of nitrogens with one attached hydrogen (secondary N) is 2. The number of hydrogen-bond acceptors (Lipinski definition) is 3. The number of guanidine groups is 1. The van der Waals surface area contributed by atoms with Crippen molar-refractivity contribution >= 4 is 5.96 Å². The summed E-state index contributed by atoms with van der Waals surface area (Å²) in [5.74, 6) is 1.74. The first-order chi connectivity index (χ1) is 11.3. The Morgan fingerprint density at radius 1 is 1.39 bits per heavy atom. The molecule has 23 heavy (non-hydrogen) atoms. The van der Waals surface area contributed by atoms with Gasteiger partial charge in [0.25, 0.3) is 0 Å². The molecule has 5 nitrogen and oxygen atoms in total. The Morgan fingerprint density at radius 3 is 3.04 bits per heavy atom. The van der Waals surface area contributed by atoms with Gasteiger partial charge in [0, 0.05) is 25.8 Å². The quantitative estimate of drug-likeness (QED) is 0.460. The molecule has 1 aromatic rings. The molecule has 1 saturated heterocycles. The van der Waals surface area contributed by atoms with Crippen LogP contribution < -0.4 is 10.6 Å². The Hall–Kier alpha value is -1.62. The number of aliphatic imine (C=N–C) groups is 1. The van der Waals surface area contributed by atoms with Gasteiger partial charge in [0.2, 0.25) is 0 Å². The fourth-order valence-electron chi connectivity index (χ4n) is 2.99. The van der Waals surface area contributed by atoms with E-state index in [1.165, 1.54) is 32.5 Å². The van der Waals surface area contributed by atoms with E-state index in [-0.39, 0.29) is 0 Å². The van der Waals surface area contributed by atoms with Crippen LogP contribution in [0.3, 0.4) is 0 Å². The average Bonchev–Trinajstić information content (AvgIpc) is 2.57. The highest BCUT2D eigenvalue weighted by Gasteiger charge is 2.15. The first kappa shape index (κ1) is 17.7. The lowest BCUT2D eigenvalue weighted by Crippen LogP contribution is -2.40. The van der Waals surface area contributed by atoms with E-state index in [4.69, 9.17) is 0 Å². The molecular weight excluding hydrogens is 286 g/mol. The molecule has 1 aromatic heterocycles. The highest BCUT2D eigenvalue weighted by molar-refractivity contribution is 5.79. The third kappa shape index (κ3) is 6.99. The van der Waals surface area contributed by atoms with Crippen molar-refractivity contribution in [2.45, 2.75) is 39.7 Å². The SMILES string of the molecule is CCNC(=NCc1ccccn1)NCCCN1CCCC(C)C1. The Kier molecular flexibility index (Phi) is 7.87. The fraction of sp³-hybridized carbons (Fsp3) is 0.667. The summed E-state index contributed by atoms with van der Waals surface area (Å²) in [6.07, 6.45) is 5.70. The summed E-state index contributed by atoms with van der Waals surface area (Å²) in [6.45, 7) is 10.6. The predicted molar refractivity (Wildman–Crippen MR) is 96.5 cm³/mol. The summed E-state index contributed by atoms with van der Waals surface area (Å²) in [5, 5.41) is 6.72. The highest BCUT2D eigenvalue weighted by Crippen LogP contribution is 2.15. The molecule has 5 heteroatoms. The van der Waals surface area contributed by atoms with Crippen molar-refractivity contribution < 1.29 is 0 Å². The molecule has 1 atom stereocenters. The van der Waals surface area contributed by atoms with Crippen LogP contribution in [0, 0.1) is 5.92 Å². The maximum absolute atomic E-state index is 4.60. The van der Waals surface area contributed by atoms with Crippen LogP contribution in [0.1, 0.15) is 38.8 Å². The van der Waals surface area contributed by atoms with E-state index in [1.54, 1.807) is 0 Å². The Morgan fingerprint density at radius 2 is 2.30 bits per heavy atom. The average molecular weight is 317 g/mol. The zero-order valence-corrected chi connectivity index (χ0v) is 14.6. The molecule has 1 aliphatic rings. The third-order valence-corrected chi connectivity index (χ3v) is 4.15. The van der Waals surface area contributed by atoms with Gasteiger partial charge in [-0.3, -0.25) is 4.98 Å². The van der Waals surface area contributed by atoms with Gasteiger partial charge in [-0.1, -0.05) is 13.0 Å². The highest BCUT2D eigenvalue weighted by atomic mass is 15.2. The first-order valence-corrected chi connectivity index (χ1v) is 8.92. The lowest BCUT2D eigenvalue weighted by atomic mass is 10.0. The molecule has 128 valence electrons. The van der Waals surface area contributed by atoms with E-state index >= 15 is 0 Å². The maximum atomic E-state index is 4.60. The number of hydrogen-bond donors (Lipinski definition) is 2. The molecule has 0 bridgehead atoms. The van der Waals surface area contributed by atoms with Crippen LogP contribution in [0.5, 0.6) is 0 Å². The van der Waals surface area contributed by atoms with E-state index in [9.17, 15) is 0 Å². The monoisotopic (exact) mass is 317 g/mol. The van der Waals surface area contributed by atoms with Gasteiger partial charge in [0.05, 0.1) is 12.2 Å². The number of nitrogens with zero attached hydrogens (tertiary/aromatic N) is 3. The predicted octanol–water partition coefficient (Wildman–Crippen LogP) is 2.26. The lowest BCUT2D eigenvalue weighted by Gasteiger charge is -2.30. The van der Waals surface area contributed by atoms with Crippen molar-refractivity contribution in [2.75, 3.05) is 32.7 Å². The lowest BCUT2D eigenvalue weighted by molar-refractivity contribution is 0.182. The van der Waals surface area contributed by atoms with Gasteiger partial charge in [-0.2, -0.15) is 0 Å². The molecule has 0 aliphatic carbocycles. The van der Waals surface area contributed by atoms with E-state index < -0.39 is 0 Å². The van der Waals surface area contributed by atoms with E-state index in [0.717, 1.165) is 37.1 Å². The molecule has 1 fully saturated rings.